The standard InChI is InChI=1S/C20H27NO3/c1-23-15-8-6-14(7-9-15)18-5-3-2-4-12-21(18)20(22)17-13-16-10-11-19(17)24-16/h6-9,16-19H,2-5,10-13H2,1H3/t16-,17+,18+,19-/m1/s1. The van der Waals surface area contributed by atoms with Gasteiger partial charge < -0.3 is 14.4 Å². The molecule has 0 unspecified atom stereocenters. The Morgan fingerprint density at radius 3 is 2.62 bits per heavy atom. The smallest absolute Gasteiger partial charge is 0.228 e. The number of hydrogen-bond donors (Lipinski definition) is 0. The van der Waals surface area contributed by atoms with Crippen LogP contribution in [-0.2, 0) is 9.53 Å². The van der Waals surface area contributed by atoms with Crippen molar-refractivity contribution in [1.82, 2.24) is 4.90 Å². The summed E-state index contributed by atoms with van der Waals surface area (Å²) in [6.45, 7) is 0.878. The quantitative estimate of drug-likeness (QED) is 0.848. The van der Waals surface area contributed by atoms with E-state index in [0.29, 0.717) is 12.0 Å². The summed E-state index contributed by atoms with van der Waals surface area (Å²) >= 11 is 0. The van der Waals surface area contributed by atoms with E-state index in [2.05, 4.69) is 17.0 Å². The van der Waals surface area contributed by atoms with Gasteiger partial charge in [0.15, 0.2) is 0 Å². The lowest BCUT2D eigenvalue weighted by atomic mass is 9.87. The first-order valence-corrected chi connectivity index (χ1v) is 9.36. The molecule has 3 saturated heterocycles. The molecule has 1 aromatic carbocycles. The second-order valence-corrected chi connectivity index (χ2v) is 7.39. The number of benzene rings is 1. The van der Waals surface area contributed by atoms with Gasteiger partial charge in [-0.25, -0.2) is 0 Å². The van der Waals surface area contributed by atoms with Gasteiger partial charge in [0.2, 0.25) is 5.91 Å². The molecule has 4 heteroatoms. The number of carbonyl (C=O) groups is 1. The van der Waals surface area contributed by atoms with Crippen LogP contribution < -0.4 is 4.74 Å². The van der Waals surface area contributed by atoms with E-state index in [9.17, 15) is 4.79 Å². The average Bonchev–Trinajstić information content (AvgIpc) is 3.17. The van der Waals surface area contributed by atoms with Crippen molar-refractivity contribution in [2.75, 3.05) is 13.7 Å². The summed E-state index contributed by atoms with van der Waals surface area (Å²) < 4.78 is 11.2. The van der Waals surface area contributed by atoms with Crippen LogP contribution in [0.25, 0.3) is 0 Å². The molecule has 3 aliphatic rings. The number of rotatable bonds is 3. The van der Waals surface area contributed by atoms with E-state index < -0.39 is 0 Å². The molecular formula is C20H27NO3. The summed E-state index contributed by atoms with van der Waals surface area (Å²) in [6, 6.07) is 8.44. The highest BCUT2D eigenvalue weighted by atomic mass is 16.5. The van der Waals surface area contributed by atoms with Gasteiger partial charge in [0.1, 0.15) is 5.75 Å². The second kappa shape index (κ2) is 6.75. The number of carbonyl (C=O) groups excluding carboxylic acids is 1. The number of ether oxygens (including phenoxy) is 2. The lowest BCUT2D eigenvalue weighted by molar-refractivity contribution is -0.139. The summed E-state index contributed by atoms with van der Waals surface area (Å²) in [7, 11) is 1.69. The Morgan fingerprint density at radius 2 is 1.96 bits per heavy atom. The Bertz CT molecular complexity index is 585. The van der Waals surface area contributed by atoms with Crippen LogP contribution in [0.15, 0.2) is 24.3 Å². The first-order valence-electron chi connectivity index (χ1n) is 9.36. The number of fused-ring (bicyclic) bond motifs is 2. The summed E-state index contributed by atoms with van der Waals surface area (Å²) in [4.78, 5) is 15.4. The molecular weight excluding hydrogens is 302 g/mol. The van der Waals surface area contributed by atoms with Crippen molar-refractivity contribution in [3.8, 4) is 5.75 Å². The van der Waals surface area contributed by atoms with E-state index in [1.54, 1.807) is 7.11 Å². The molecule has 130 valence electrons. The maximum atomic E-state index is 13.3. The van der Waals surface area contributed by atoms with Crippen LogP contribution >= 0.6 is 0 Å². The Morgan fingerprint density at radius 1 is 1.12 bits per heavy atom. The van der Waals surface area contributed by atoms with Crippen LogP contribution in [0.4, 0.5) is 0 Å². The Kier molecular flexibility index (Phi) is 4.49. The van der Waals surface area contributed by atoms with Crippen molar-refractivity contribution in [1.29, 1.82) is 0 Å². The van der Waals surface area contributed by atoms with Gasteiger partial charge in [-0.15, -0.1) is 0 Å². The molecule has 3 fully saturated rings. The lowest BCUT2D eigenvalue weighted by Gasteiger charge is -2.34. The van der Waals surface area contributed by atoms with Gasteiger partial charge in [-0.2, -0.15) is 0 Å². The predicted molar refractivity (Wildman–Crippen MR) is 91.9 cm³/mol. The molecule has 1 amide bonds. The SMILES string of the molecule is COc1ccc([C@@H]2CCCCCN2C(=O)[C@H]2C[C@H]3CC[C@H]2O3)cc1. The van der Waals surface area contributed by atoms with Crippen molar-refractivity contribution in [3.05, 3.63) is 29.8 Å². The minimum atomic E-state index is 0.0857. The molecule has 3 aliphatic heterocycles. The maximum Gasteiger partial charge on any atom is 0.228 e. The summed E-state index contributed by atoms with van der Waals surface area (Å²) in [5.74, 6) is 1.28. The third-order valence-corrected chi connectivity index (χ3v) is 5.96. The molecule has 0 radical (unpaired) electrons. The molecule has 4 rings (SSSR count). The van der Waals surface area contributed by atoms with E-state index >= 15 is 0 Å². The molecule has 4 nitrogen and oxygen atoms in total. The van der Waals surface area contributed by atoms with Crippen LogP contribution in [0.2, 0.25) is 0 Å². The van der Waals surface area contributed by atoms with E-state index in [4.69, 9.17) is 9.47 Å². The zero-order chi connectivity index (χ0) is 16.5. The van der Waals surface area contributed by atoms with Crippen molar-refractivity contribution in [3.63, 3.8) is 0 Å². The van der Waals surface area contributed by atoms with E-state index in [1.165, 1.54) is 18.4 Å². The average molecular weight is 329 g/mol. The molecule has 1 aromatic rings. The van der Waals surface area contributed by atoms with Crippen LogP contribution in [-0.4, -0.2) is 36.7 Å². The Hall–Kier alpha value is -1.55. The fourth-order valence-electron chi connectivity index (χ4n) is 4.66. The van der Waals surface area contributed by atoms with Gasteiger partial charge in [-0.3, -0.25) is 4.79 Å². The normalized spacial score (nSPS) is 32.6. The fourth-order valence-corrected chi connectivity index (χ4v) is 4.66. The first-order chi connectivity index (χ1) is 11.8. The zero-order valence-corrected chi connectivity index (χ0v) is 14.4. The van der Waals surface area contributed by atoms with E-state index in [1.807, 2.05) is 12.1 Å². The molecule has 3 heterocycles. The van der Waals surface area contributed by atoms with Gasteiger partial charge >= 0.3 is 0 Å². The highest BCUT2D eigenvalue weighted by molar-refractivity contribution is 5.80. The molecule has 0 N–H and O–H groups in total. The molecule has 0 aliphatic carbocycles. The number of methoxy groups -OCH3 is 1. The van der Waals surface area contributed by atoms with Gasteiger partial charge in [0, 0.05) is 6.54 Å². The topological polar surface area (TPSA) is 38.8 Å². The number of hydrogen-bond acceptors (Lipinski definition) is 3. The molecule has 24 heavy (non-hydrogen) atoms. The minimum absolute atomic E-state index is 0.0857. The van der Waals surface area contributed by atoms with Gasteiger partial charge in [-0.05, 0) is 49.8 Å². The van der Waals surface area contributed by atoms with E-state index in [0.717, 1.165) is 44.4 Å². The van der Waals surface area contributed by atoms with E-state index in [-0.39, 0.29) is 18.1 Å². The zero-order valence-electron chi connectivity index (χ0n) is 14.4. The first kappa shape index (κ1) is 15.9. The van der Waals surface area contributed by atoms with Crippen molar-refractivity contribution in [2.45, 2.75) is 63.2 Å². The van der Waals surface area contributed by atoms with Crippen LogP contribution in [0, 0.1) is 5.92 Å². The van der Waals surface area contributed by atoms with Gasteiger partial charge in [0.25, 0.3) is 0 Å². The Labute approximate surface area is 144 Å². The van der Waals surface area contributed by atoms with Crippen molar-refractivity contribution >= 4 is 5.91 Å². The number of nitrogens with zero attached hydrogens (tertiary/aromatic N) is 1. The van der Waals surface area contributed by atoms with Crippen LogP contribution in [0.1, 0.15) is 56.6 Å². The van der Waals surface area contributed by atoms with Crippen LogP contribution in [0.5, 0.6) is 5.75 Å². The van der Waals surface area contributed by atoms with Crippen molar-refractivity contribution < 1.29 is 14.3 Å². The second-order valence-electron chi connectivity index (χ2n) is 7.39. The third kappa shape index (κ3) is 2.92. The molecule has 4 atom stereocenters. The summed E-state index contributed by atoms with van der Waals surface area (Å²) in [5, 5.41) is 0. The largest absolute Gasteiger partial charge is 0.497 e. The highest BCUT2D eigenvalue weighted by Gasteiger charge is 2.46. The van der Waals surface area contributed by atoms with Gasteiger partial charge in [0.05, 0.1) is 31.3 Å². The maximum absolute atomic E-state index is 13.3. The predicted octanol–water partition coefficient (Wildman–Crippen LogP) is 3.71. The molecule has 0 saturated carbocycles. The molecule has 0 aromatic heterocycles. The molecule has 2 bridgehead atoms. The Balaban J connectivity index is 1.56. The van der Waals surface area contributed by atoms with Crippen LogP contribution in [0.3, 0.4) is 0 Å². The third-order valence-electron chi connectivity index (χ3n) is 5.96. The minimum Gasteiger partial charge on any atom is -0.497 e. The monoisotopic (exact) mass is 329 g/mol. The molecule has 0 spiro atoms. The van der Waals surface area contributed by atoms with Crippen molar-refractivity contribution in [2.24, 2.45) is 5.92 Å². The van der Waals surface area contributed by atoms with Gasteiger partial charge in [-0.1, -0.05) is 25.0 Å². The number of likely N-dealkylation sites (tertiary alicyclic amines) is 1. The fraction of sp³-hybridized carbons (Fsp3) is 0.650. The number of amides is 1. The highest BCUT2D eigenvalue weighted by Crippen LogP contribution is 2.41. The lowest BCUT2D eigenvalue weighted by Crippen LogP contribution is -2.42. The summed E-state index contributed by atoms with van der Waals surface area (Å²) in [5.41, 5.74) is 1.23. The summed E-state index contributed by atoms with van der Waals surface area (Å²) in [6.07, 6.45) is 8.18.